The van der Waals surface area contributed by atoms with Crippen LogP contribution in [0.3, 0.4) is 0 Å². The Morgan fingerprint density at radius 2 is 1.55 bits per heavy atom. The maximum Gasteiger partial charge on any atom is 0.209 e. The lowest BCUT2D eigenvalue weighted by Crippen LogP contribution is -2.27. The van der Waals surface area contributed by atoms with Crippen molar-refractivity contribution in [3.8, 4) is 0 Å². The summed E-state index contributed by atoms with van der Waals surface area (Å²) in [6.07, 6.45) is 17.4. The molecule has 4 nitrogen and oxygen atoms in total. The number of fused-ring (bicyclic) bond motifs is 2. The fourth-order valence-corrected chi connectivity index (χ4v) is 8.16. The molecule has 226 valence electrons. The van der Waals surface area contributed by atoms with Gasteiger partial charge in [-0.15, -0.1) is 0 Å². The minimum Gasteiger partial charge on any atom is -0.344 e. The number of rotatable bonds is 9. The first-order valence-corrected chi connectivity index (χ1v) is 17.0. The Morgan fingerprint density at radius 3 is 2.30 bits per heavy atom. The Bertz CT molecular complexity index is 1700. The SMILES string of the molecule is CCCN1/C(=C/C=C2\CCC(/C=C/C3=[N+](CCC)c4ccccc4C3(C)C)=C2Sc2ncccn2)C(C)(C)c2ccccc21. The van der Waals surface area contributed by atoms with E-state index in [9.17, 15) is 0 Å². The second kappa shape index (κ2) is 12.4. The first kappa shape index (κ1) is 30.3. The zero-order valence-corrected chi connectivity index (χ0v) is 27.9. The molecule has 0 bridgehead atoms. The summed E-state index contributed by atoms with van der Waals surface area (Å²) >= 11 is 1.70. The number of para-hydroxylation sites is 2. The molecule has 0 radical (unpaired) electrons. The van der Waals surface area contributed by atoms with Gasteiger partial charge in [-0.05, 0) is 79.8 Å². The van der Waals surface area contributed by atoms with Gasteiger partial charge in [0, 0.05) is 64.8 Å². The summed E-state index contributed by atoms with van der Waals surface area (Å²) in [6.45, 7) is 16.0. The zero-order valence-electron chi connectivity index (χ0n) is 27.1. The van der Waals surface area contributed by atoms with Crippen molar-refractivity contribution in [1.82, 2.24) is 9.97 Å². The van der Waals surface area contributed by atoms with Gasteiger partial charge in [0.2, 0.25) is 5.69 Å². The number of allylic oxidation sites excluding steroid dienone is 7. The minimum atomic E-state index is -0.0494. The number of hydrogen-bond donors (Lipinski definition) is 0. The van der Waals surface area contributed by atoms with Crippen LogP contribution in [-0.4, -0.2) is 33.3 Å². The maximum absolute atomic E-state index is 4.59. The summed E-state index contributed by atoms with van der Waals surface area (Å²) in [6, 6.07) is 19.7. The summed E-state index contributed by atoms with van der Waals surface area (Å²) in [5, 5.41) is 0.795. The van der Waals surface area contributed by atoms with E-state index >= 15 is 0 Å². The monoisotopic (exact) mass is 601 g/mol. The Hall–Kier alpha value is -3.70. The molecule has 6 rings (SSSR count). The maximum atomic E-state index is 4.59. The molecule has 2 aliphatic heterocycles. The molecule has 44 heavy (non-hydrogen) atoms. The van der Waals surface area contributed by atoms with E-state index in [1.807, 2.05) is 18.5 Å². The molecule has 0 N–H and O–H groups in total. The van der Waals surface area contributed by atoms with Crippen molar-refractivity contribution in [3.05, 3.63) is 124 Å². The van der Waals surface area contributed by atoms with Crippen LogP contribution in [0.5, 0.6) is 0 Å². The Kier molecular flexibility index (Phi) is 8.52. The van der Waals surface area contributed by atoms with E-state index in [-0.39, 0.29) is 10.8 Å². The van der Waals surface area contributed by atoms with E-state index < -0.39 is 0 Å². The van der Waals surface area contributed by atoms with E-state index in [1.165, 1.54) is 50.0 Å². The summed E-state index contributed by atoms with van der Waals surface area (Å²) < 4.78 is 2.53. The van der Waals surface area contributed by atoms with Gasteiger partial charge < -0.3 is 4.90 Å². The van der Waals surface area contributed by atoms with E-state index in [2.05, 4.69) is 134 Å². The second-order valence-electron chi connectivity index (χ2n) is 13.0. The zero-order chi connectivity index (χ0) is 30.9. The number of thioether (sulfide) groups is 1. The third-order valence-electron chi connectivity index (χ3n) is 9.36. The fourth-order valence-electron chi connectivity index (χ4n) is 7.15. The number of nitrogens with zero attached hydrogens (tertiary/aromatic N) is 4. The van der Waals surface area contributed by atoms with Crippen LogP contribution >= 0.6 is 11.8 Å². The van der Waals surface area contributed by atoms with Crippen LogP contribution in [0.4, 0.5) is 11.4 Å². The van der Waals surface area contributed by atoms with E-state index in [1.54, 1.807) is 11.8 Å². The molecular formula is C39H45N4S+. The second-order valence-corrected chi connectivity index (χ2v) is 14.0. The predicted octanol–water partition coefficient (Wildman–Crippen LogP) is 9.68. The molecule has 0 spiro atoms. The first-order valence-electron chi connectivity index (χ1n) is 16.2. The van der Waals surface area contributed by atoms with Crippen LogP contribution in [0, 0.1) is 0 Å². The van der Waals surface area contributed by atoms with Gasteiger partial charge in [-0.25, -0.2) is 9.97 Å². The topological polar surface area (TPSA) is 32.0 Å². The Balaban J connectivity index is 1.41. The van der Waals surface area contributed by atoms with Crippen LogP contribution in [0.15, 0.2) is 118 Å². The molecule has 0 amide bonds. The average Bonchev–Trinajstić information content (AvgIpc) is 3.57. The van der Waals surface area contributed by atoms with Crippen molar-refractivity contribution in [2.75, 3.05) is 18.0 Å². The molecule has 0 saturated heterocycles. The van der Waals surface area contributed by atoms with Crippen LogP contribution in [-0.2, 0) is 10.8 Å². The van der Waals surface area contributed by atoms with Crippen LogP contribution in [0.1, 0.15) is 78.4 Å². The molecule has 0 saturated carbocycles. The third kappa shape index (κ3) is 5.40. The van der Waals surface area contributed by atoms with Crippen molar-refractivity contribution in [2.45, 2.75) is 83.2 Å². The van der Waals surface area contributed by atoms with Crippen molar-refractivity contribution >= 4 is 28.8 Å². The average molecular weight is 602 g/mol. The quantitative estimate of drug-likeness (QED) is 0.181. The van der Waals surface area contributed by atoms with Gasteiger partial charge >= 0.3 is 0 Å². The summed E-state index contributed by atoms with van der Waals surface area (Å²) in [5.74, 6) is 0. The summed E-state index contributed by atoms with van der Waals surface area (Å²) in [4.78, 5) is 13.0. The van der Waals surface area contributed by atoms with Crippen molar-refractivity contribution in [2.24, 2.45) is 0 Å². The van der Waals surface area contributed by atoms with Crippen LogP contribution in [0.25, 0.3) is 0 Å². The standard InChI is InChI=1S/C39H45N4S/c1-7-26-42-32-16-11-9-14-30(32)38(3,4)34(42)22-20-28-18-19-29(36(28)44-37-40-24-13-25-41-37)21-23-35-39(5,6)31-15-10-12-17-33(31)43(35)27-8-2/h9-17,20-25H,7-8,18-19,26-27H2,1-6H3/q+1. The lowest BCUT2D eigenvalue weighted by Gasteiger charge is -2.26. The van der Waals surface area contributed by atoms with Crippen LogP contribution < -0.4 is 4.90 Å². The van der Waals surface area contributed by atoms with Crippen molar-refractivity contribution in [1.29, 1.82) is 0 Å². The molecular weight excluding hydrogens is 557 g/mol. The molecule has 0 atom stereocenters. The van der Waals surface area contributed by atoms with Gasteiger partial charge in [-0.3, -0.25) is 0 Å². The van der Waals surface area contributed by atoms with E-state index in [4.69, 9.17) is 0 Å². The smallest absolute Gasteiger partial charge is 0.209 e. The molecule has 3 heterocycles. The van der Waals surface area contributed by atoms with Gasteiger partial charge in [0.1, 0.15) is 6.54 Å². The number of anilines is 1. The molecule has 1 aliphatic carbocycles. The highest BCUT2D eigenvalue weighted by Gasteiger charge is 2.44. The molecule has 1 aromatic heterocycles. The van der Waals surface area contributed by atoms with Gasteiger partial charge in [0.05, 0.1) is 5.41 Å². The third-order valence-corrected chi connectivity index (χ3v) is 10.5. The number of benzene rings is 2. The van der Waals surface area contributed by atoms with Crippen molar-refractivity contribution < 1.29 is 4.58 Å². The van der Waals surface area contributed by atoms with Gasteiger partial charge in [0.25, 0.3) is 0 Å². The predicted molar refractivity (Wildman–Crippen MR) is 186 cm³/mol. The van der Waals surface area contributed by atoms with E-state index in [0.717, 1.165) is 43.9 Å². The largest absolute Gasteiger partial charge is 0.344 e. The number of hydrogen-bond acceptors (Lipinski definition) is 4. The lowest BCUT2D eigenvalue weighted by atomic mass is 9.81. The lowest BCUT2D eigenvalue weighted by molar-refractivity contribution is -0.437. The highest BCUT2D eigenvalue weighted by Crippen LogP contribution is 2.48. The number of aromatic nitrogens is 2. The van der Waals surface area contributed by atoms with E-state index in [0.29, 0.717) is 0 Å². The molecule has 2 aromatic carbocycles. The normalized spacial score (nSPS) is 20.5. The first-order chi connectivity index (χ1) is 21.3. The Morgan fingerprint density at radius 1 is 0.818 bits per heavy atom. The molecule has 3 aromatic rings. The molecule has 0 unspecified atom stereocenters. The highest BCUT2D eigenvalue weighted by molar-refractivity contribution is 8.03. The van der Waals surface area contributed by atoms with Crippen molar-refractivity contribution in [3.63, 3.8) is 0 Å². The van der Waals surface area contributed by atoms with Gasteiger partial charge in [-0.1, -0.05) is 76.2 Å². The van der Waals surface area contributed by atoms with Gasteiger partial charge in [0.15, 0.2) is 10.9 Å². The Labute approximate surface area is 268 Å². The molecule has 3 aliphatic rings. The minimum absolute atomic E-state index is 0.0494. The summed E-state index contributed by atoms with van der Waals surface area (Å²) in [5.41, 5.74) is 10.9. The molecule has 0 fully saturated rings. The summed E-state index contributed by atoms with van der Waals surface area (Å²) in [7, 11) is 0. The van der Waals surface area contributed by atoms with Gasteiger partial charge in [-0.2, -0.15) is 4.58 Å². The fraction of sp³-hybridized carbons (Fsp3) is 0.359. The highest BCUT2D eigenvalue weighted by atomic mass is 32.2. The van der Waals surface area contributed by atoms with Crippen LogP contribution in [0.2, 0.25) is 0 Å². The molecule has 5 heteroatoms.